The number of aromatic amines is 2. The Kier molecular flexibility index (Phi) is 11.4. The fourth-order valence-electron chi connectivity index (χ4n) is 4.89. The molecule has 0 aliphatic rings. The minimum absolute atomic E-state index is 0.178. The van der Waals surface area contributed by atoms with Gasteiger partial charge in [0.05, 0.1) is 15.2 Å². The van der Waals surface area contributed by atoms with Gasteiger partial charge in [0.25, 0.3) is 0 Å². The summed E-state index contributed by atoms with van der Waals surface area (Å²) in [5.74, 6) is 0. The van der Waals surface area contributed by atoms with E-state index < -0.39 is 25.7 Å². The van der Waals surface area contributed by atoms with Crippen molar-refractivity contribution in [2.45, 2.75) is 29.1 Å². The first-order chi connectivity index (χ1) is 22.4. The Hall–Kier alpha value is -5.14. The fourth-order valence-corrected chi connectivity index (χ4v) is 5.83. The van der Waals surface area contributed by atoms with Gasteiger partial charge >= 0.3 is 0 Å². The summed E-state index contributed by atoms with van der Waals surface area (Å²) < 4.78 is 62.3. The quantitative estimate of drug-likeness (QED) is 0.237. The van der Waals surface area contributed by atoms with Gasteiger partial charge in [0, 0.05) is 49.1 Å². The lowest BCUT2D eigenvalue weighted by molar-refractivity contribution is -0.378. The van der Waals surface area contributed by atoms with Crippen molar-refractivity contribution < 1.29 is 35.9 Å². The summed E-state index contributed by atoms with van der Waals surface area (Å²) in [4.78, 5) is 14.3. The van der Waals surface area contributed by atoms with Crippen molar-refractivity contribution >= 4 is 20.2 Å². The average molecular weight is 669 g/mol. The maximum atomic E-state index is 10.4. The van der Waals surface area contributed by atoms with Crippen molar-refractivity contribution in [3.8, 4) is 0 Å². The molecule has 2 aromatic carbocycles. The van der Waals surface area contributed by atoms with Crippen molar-refractivity contribution in [3.05, 3.63) is 180 Å². The van der Waals surface area contributed by atoms with Gasteiger partial charge in [-0.2, -0.15) is 0 Å². The van der Waals surface area contributed by atoms with Gasteiger partial charge in [-0.1, -0.05) is 35.4 Å². The van der Waals surface area contributed by atoms with Crippen molar-refractivity contribution in [3.63, 3.8) is 0 Å². The normalized spacial score (nSPS) is 11.3. The number of aromatic nitrogens is 4. The van der Waals surface area contributed by atoms with Gasteiger partial charge in [-0.25, -0.2) is 26.8 Å². The van der Waals surface area contributed by atoms with Gasteiger partial charge in [0.15, 0.2) is 24.8 Å². The molecule has 12 heteroatoms. The molecule has 47 heavy (non-hydrogen) atoms. The maximum Gasteiger partial charge on any atom is 0.167 e. The molecule has 4 heterocycles. The van der Waals surface area contributed by atoms with Gasteiger partial charge in [-0.15, -0.1) is 0 Å². The number of hydrogen-bond donors (Lipinski definition) is 0. The van der Waals surface area contributed by atoms with Crippen molar-refractivity contribution in [2.75, 3.05) is 0 Å². The molecule has 0 saturated carbocycles. The second-order valence-corrected chi connectivity index (χ2v) is 13.1. The van der Waals surface area contributed by atoms with Crippen LogP contribution in [0.1, 0.15) is 33.4 Å². The van der Waals surface area contributed by atoms with Crippen LogP contribution in [0.4, 0.5) is 0 Å². The van der Waals surface area contributed by atoms with E-state index in [0.29, 0.717) is 0 Å². The van der Waals surface area contributed by atoms with E-state index in [1.807, 2.05) is 63.4 Å². The Labute approximate surface area is 274 Å². The Morgan fingerprint density at radius 2 is 0.745 bits per heavy atom. The number of hydrogen-bond acceptors (Lipinski definition) is 8. The summed E-state index contributed by atoms with van der Waals surface area (Å²) in [5, 5.41) is 0. The number of nitrogens with one attached hydrogen (secondary N) is 2. The van der Waals surface area contributed by atoms with Gasteiger partial charge in [-0.05, 0) is 84.6 Å². The van der Waals surface area contributed by atoms with E-state index in [1.165, 1.54) is 35.4 Å². The van der Waals surface area contributed by atoms with Crippen LogP contribution in [0.2, 0.25) is 0 Å². The van der Waals surface area contributed by atoms with Gasteiger partial charge in [0.1, 0.15) is 20.2 Å². The summed E-state index contributed by atoms with van der Waals surface area (Å²) in [6.07, 6.45) is 15.2. The molecule has 6 rings (SSSR count). The summed E-state index contributed by atoms with van der Waals surface area (Å²) in [7, 11) is -8.54. The zero-order valence-electron chi connectivity index (χ0n) is 25.5. The zero-order chi connectivity index (χ0) is 33.9. The van der Waals surface area contributed by atoms with Crippen LogP contribution < -0.4 is 9.97 Å². The molecule has 0 aliphatic heterocycles. The third-order valence-corrected chi connectivity index (χ3v) is 8.85. The van der Waals surface area contributed by atoms with Crippen molar-refractivity contribution in [1.82, 2.24) is 9.97 Å². The van der Waals surface area contributed by atoms with Crippen LogP contribution in [-0.2, 0) is 25.7 Å². The molecule has 0 unspecified atom stereocenters. The number of pyridine rings is 4. The Morgan fingerprint density at radius 3 is 1.02 bits per heavy atom. The van der Waals surface area contributed by atoms with E-state index in [1.54, 1.807) is 24.3 Å². The Bertz CT molecular complexity index is 1830. The molecule has 0 saturated heterocycles. The predicted molar refractivity (Wildman–Crippen MR) is 172 cm³/mol. The molecule has 0 bridgehead atoms. The standard InChI is InChI=1S/C21H16N4.2C7H8O3S/c1-9-22-10-2-17(1)21(18-3-11-23-12-4-18,19-5-13-24-14-6-19)20-7-15-25-16-8-20;2*1-6-2-4-7(5-3-6)11(8,9)10/h1-16H;2*2-5H,1H3,(H,8,9,10). The first kappa shape index (κ1) is 34.7. The highest BCUT2D eigenvalue weighted by Crippen LogP contribution is 2.44. The number of benzene rings is 2. The van der Waals surface area contributed by atoms with Gasteiger partial charge in [-0.3, -0.25) is 9.97 Å². The second kappa shape index (κ2) is 15.4. The second-order valence-electron chi connectivity index (χ2n) is 10.3. The first-order valence-corrected chi connectivity index (χ1v) is 17.0. The molecule has 0 fully saturated rings. The van der Waals surface area contributed by atoms with Crippen LogP contribution in [0.5, 0.6) is 0 Å². The number of nitrogens with zero attached hydrogens (tertiary/aromatic N) is 2. The Morgan fingerprint density at radius 1 is 0.468 bits per heavy atom. The third kappa shape index (κ3) is 8.99. The predicted octanol–water partition coefficient (Wildman–Crippen LogP) is 4.29. The van der Waals surface area contributed by atoms with E-state index in [9.17, 15) is 25.9 Å². The molecule has 6 aromatic rings. The molecule has 0 radical (unpaired) electrons. The van der Waals surface area contributed by atoms with E-state index in [0.717, 1.165) is 22.3 Å². The number of rotatable bonds is 6. The third-order valence-electron chi connectivity index (χ3n) is 7.15. The summed E-state index contributed by atoms with van der Waals surface area (Å²) in [5.41, 5.74) is 6.08. The molecule has 0 amide bonds. The first-order valence-electron chi connectivity index (χ1n) is 14.2. The topological polar surface area (TPSA) is 168 Å². The van der Waals surface area contributed by atoms with E-state index in [4.69, 9.17) is 0 Å². The number of aryl methyl sites for hydroxylation is 2. The van der Waals surface area contributed by atoms with Crippen molar-refractivity contribution in [2.24, 2.45) is 0 Å². The van der Waals surface area contributed by atoms with E-state index in [-0.39, 0.29) is 9.79 Å². The lowest BCUT2D eigenvalue weighted by Crippen LogP contribution is -2.32. The Balaban J connectivity index is 0.000000188. The van der Waals surface area contributed by atoms with Crippen LogP contribution in [0.25, 0.3) is 0 Å². The van der Waals surface area contributed by atoms with Gasteiger partial charge < -0.3 is 9.11 Å². The monoisotopic (exact) mass is 668 g/mol. The van der Waals surface area contributed by atoms with Crippen LogP contribution in [0, 0.1) is 13.8 Å². The van der Waals surface area contributed by atoms with Crippen LogP contribution >= 0.6 is 0 Å². The SMILES string of the molecule is Cc1ccc(S(=O)(=O)[O-])cc1.Cc1ccc(S(=O)(=O)[O-])cc1.c1cc(C(c2ccncc2)(c2cc[nH+]cc2)c2cc[nH+]cc2)ccn1. The lowest BCUT2D eigenvalue weighted by Gasteiger charge is -2.35. The zero-order valence-corrected chi connectivity index (χ0v) is 27.1. The van der Waals surface area contributed by atoms with Crippen LogP contribution in [0.15, 0.2) is 156 Å². The van der Waals surface area contributed by atoms with Crippen LogP contribution in [-0.4, -0.2) is 35.9 Å². The van der Waals surface area contributed by atoms with Crippen molar-refractivity contribution in [1.29, 1.82) is 0 Å². The maximum absolute atomic E-state index is 10.4. The molecular formula is C35H32N4O6S2. The highest BCUT2D eigenvalue weighted by atomic mass is 32.2. The number of H-pyrrole nitrogens is 2. The summed E-state index contributed by atoms with van der Waals surface area (Å²) in [6, 6.07) is 28.4. The fraction of sp³-hybridized carbons (Fsp3) is 0.0857. The molecule has 4 aromatic heterocycles. The molecule has 0 atom stereocenters. The highest BCUT2D eigenvalue weighted by Gasteiger charge is 2.39. The highest BCUT2D eigenvalue weighted by molar-refractivity contribution is 7.86. The largest absolute Gasteiger partial charge is 0.744 e. The minimum Gasteiger partial charge on any atom is -0.744 e. The smallest absolute Gasteiger partial charge is 0.167 e. The molecule has 2 N–H and O–H groups in total. The van der Waals surface area contributed by atoms with E-state index >= 15 is 0 Å². The summed E-state index contributed by atoms with van der Waals surface area (Å²) >= 11 is 0. The minimum atomic E-state index is -4.27. The lowest BCUT2D eigenvalue weighted by atomic mass is 9.66. The van der Waals surface area contributed by atoms with Gasteiger partial charge in [0.2, 0.25) is 0 Å². The van der Waals surface area contributed by atoms with Crippen LogP contribution in [0.3, 0.4) is 0 Å². The van der Waals surface area contributed by atoms with E-state index in [2.05, 4.69) is 68.5 Å². The molecule has 240 valence electrons. The molecule has 0 spiro atoms. The molecule has 10 nitrogen and oxygen atoms in total. The molecule has 0 aliphatic carbocycles. The average Bonchev–Trinajstić information content (AvgIpc) is 3.07. The molecular weight excluding hydrogens is 637 g/mol. The summed E-state index contributed by atoms with van der Waals surface area (Å²) in [6.45, 7) is 3.64.